The van der Waals surface area contributed by atoms with Crippen molar-refractivity contribution in [2.45, 2.75) is 44.6 Å². The molecule has 0 spiro atoms. The van der Waals surface area contributed by atoms with E-state index in [0.717, 1.165) is 12.0 Å². The zero-order valence-electron chi connectivity index (χ0n) is 8.43. The Kier molecular flexibility index (Phi) is 3.98. The zero-order valence-corrected chi connectivity index (χ0v) is 9.24. The van der Waals surface area contributed by atoms with E-state index in [0.29, 0.717) is 0 Å². The third kappa shape index (κ3) is 3.90. The molecule has 0 amide bonds. The molecule has 0 aromatic rings. The maximum absolute atomic E-state index is 3.65. The molecule has 13 heavy (non-hydrogen) atoms. The minimum atomic E-state index is 0.863. The summed E-state index contributed by atoms with van der Waals surface area (Å²) >= 11 is 2.14. The Labute approximate surface area is 86.0 Å². The Morgan fingerprint density at radius 3 is 2.54 bits per heavy atom. The van der Waals surface area contributed by atoms with Crippen molar-refractivity contribution in [3.05, 3.63) is 0 Å². The van der Waals surface area contributed by atoms with Gasteiger partial charge in [0.1, 0.15) is 0 Å². The summed E-state index contributed by atoms with van der Waals surface area (Å²) in [6, 6.07) is 0.863. The second-order valence-electron chi connectivity index (χ2n) is 4.45. The van der Waals surface area contributed by atoms with Crippen molar-refractivity contribution in [2.75, 3.05) is 18.1 Å². The van der Waals surface area contributed by atoms with Crippen LogP contribution in [-0.4, -0.2) is 24.1 Å². The molecular formula is C11H21NS. The van der Waals surface area contributed by atoms with Crippen molar-refractivity contribution in [3.8, 4) is 0 Å². The fourth-order valence-corrected chi connectivity index (χ4v) is 3.10. The van der Waals surface area contributed by atoms with Crippen LogP contribution in [0, 0.1) is 5.92 Å². The minimum Gasteiger partial charge on any atom is -0.313 e. The lowest BCUT2D eigenvalue weighted by molar-refractivity contribution is 0.545. The first-order valence-corrected chi connectivity index (χ1v) is 6.92. The molecule has 0 unspecified atom stereocenters. The molecule has 0 atom stereocenters. The van der Waals surface area contributed by atoms with Gasteiger partial charge in [-0.25, -0.2) is 0 Å². The van der Waals surface area contributed by atoms with Gasteiger partial charge in [0.05, 0.1) is 0 Å². The van der Waals surface area contributed by atoms with Crippen LogP contribution in [0.25, 0.3) is 0 Å². The predicted octanol–water partition coefficient (Wildman–Crippen LogP) is 2.66. The van der Waals surface area contributed by atoms with Crippen LogP contribution >= 0.6 is 11.8 Å². The maximum Gasteiger partial charge on any atom is 0.00673 e. The van der Waals surface area contributed by atoms with Crippen molar-refractivity contribution in [2.24, 2.45) is 5.92 Å². The molecule has 2 heteroatoms. The Balaban J connectivity index is 1.39. The van der Waals surface area contributed by atoms with Crippen LogP contribution in [0.3, 0.4) is 0 Å². The van der Waals surface area contributed by atoms with Gasteiger partial charge in [-0.15, -0.1) is 0 Å². The summed E-state index contributed by atoms with van der Waals surface area (Å²) in [6.07, 6.45) is 8.76. The third-order valence-corrected chi connectivity index (χ3v) is 4.28. The second-order valence-corrected chi connectivity index (χ2v) is 5.60. The molecule has 2 aliphatic carbocycles. The molecule has 1 nitrogen and oxygen atoms in total. The Bertz CT molecular complexity index is 139. The molecule has 0 bridgehead atoms. The predicted molar refractivity (Wildman–Crippen MR) is 60.3 cm³/mol. The van der Waals surface area contributed by atoms with Gasteiger partial charge in [-0.1, -0.05) is 12.8 Å². The summed E-state index contributed by atoms with van der Waals surface area (Å²) in [4.78, 5) is 0. The molecule has 2 aliphatic rings. The summed E-state index contributed by atoms with van der Waals surface area (Å²) in [7, 11) is 0. The van der Waals surface area contributed by atoms with Crippen molar-refractivity contribution in [3.63, 3.8) is 0 Å². The lowest BCUT2D eigenvalue weighted by Crippen LogP contribution is -2.28. The summed E-state index contributed by atoms with van der Waals surface area (Å²) in [5.41, 5.74) is 0. The summed E-state index contributed by atoms with van der Waals surface area (Å²) in [6.45, 7) is 1.24. The van der Waals surface area contributed by atoms with Gasteiger partial charge >= 0.3 is 0 Å². The number of nitrogens with one attached hydrogen (secondary N) is 1. The van der Waals surface area contributed by atoms with Crippen LogP contribution in [0.4, 0.5) is 0 Å². The van der Waals surface area contributed by atoms with Crippen molar-refractivity contribution >= 4 is 11.8 Å². The van der Waals surface area contributed by atoms with E-state index in [9.17, 15) is 0 Å². The first-order valence-electron chi connectivity index (χ1n) is 5.76. The summed E-state index contributed by atoms with van der Waals surface area (Å²) < 4.78 is 0. The average molecular weight is 199 g/mol. The molecule has 0 aromatic carbocycles. The first-order chi connectivity index (χ1) is 6.45. The van der Waals surface area contributed by atoms with Gasteiger partial charge < -0.3 is 5.32 Å². The van der Waals surface area contributed by atoms with Crippen LogP contribution in [0.1, 0.15) is 38.5 Å². The molecule has 0 saturated heterocycles. The second kappa shape index (κ2) is 5.26. The fraction of sp³-hybridized carbons (Fsp3) is 1.00. The van der Waals surface area contributed by atoms with E-state index in [1.807, 2.05) is 0 Å². The highest BCUT2D eigenvalue weighted by atomic mass is 32.2. The van der Waals surface area contributed by atoms with Gasteiger partial charge in [0.2, 0.25) is 0 Å². The highest BCUT2D eigenvalue weighted by molar-refractivity contribution is 7.99. The van der Waals surface area contributed by atoms with Crippen molar-refractivity contribution in [1.29, 1.82) is 0 Å². The van der Waals surface area contributed by atoms with Crippen LogP contribution in [0.2, 0.25) is 0 Å². The van der Waals surface area contributed by atoms with Gasteiger partial charge in [0.15, 0.2) is 0 Å². The molecule has 0 heterocycles. The van der Waals surface area contributed by atoms with E-state index in [1.165, 1.54) is 56.6 Å². The number of hydrogen-bond acceptors (Lipinski definition) is 2. The molecule has 0 radical (unpaired) electrons. The highest BCUT2D eigenvalue weighted by Crippen LogP contribution is 2.32. The first kappa shape index (κ1) is 9.85. The third-order valence-electron chi connectivity index (χ3n) is 3.09. The molecule has 2 rings (SSSR count). The van der Waals surface area contributed by atoms with Gasteiger partial charge in [0, 0.05) is 18.3 Å². The fourth-order valence-electron chi connectivity index (χ4n) is 2.00. The molecule has 0 aliphatic heterocycles. The largest absolute Gasteiger partial charge is 0.313 e. The summed E-state index contributed by atoms with van der Waals surface area (Å²) in [5, 5.41) is 3.65. The minimum absolute atomic E-state index is 0.863. The Morgan fingerprint density at radius 2 is 1.85 bits per heavy atom. The highest BCUT2D eigenvalue weighted by Gasteiger charge is 2.20. The average Bonchev–Trinajstić information content (AvgIpc) is 2.81. The van der Waals surface area contributed by atoms with Gasteiger partial charge in [-0.2, -0.15) is 11.8 Å². The Hall–Kier alpha value is 0.310. The molecule has 2 saturated carbocycles. The van der Waals surface area contributed by atoms with Crippen LogP contribution in [0.5, 0.6) is 0 Å². The van der Waals surface area contributed by atoms with Crippen molar-refractivity contribution in [1.82, 2.24) is 5.32 Å². The normalized spacial score (nSPS) is 24.0. The zero-order chi connectivity index (χ0) is 8.93. The van der Waals surface area contributed by atoms with E-state index in [2.05, 4.69) is 17.1 Å². The quantitative estimate of drug-likeness (QED) is 0.660. The summed E-state index contributed by atoms with van der Waals surface area (Å²) in [5.74, 6) is 3.84. The van der Waals surface area contributed by atoms with Crippen LogP contribution in [-0.2, 0) is 0 Å². The van der Waals surface area contributed by atoms with Gasteiger partial charge in [-0.3, -0.25) is 0 Å². The van der Waals surface area contributed by atoms with E-state index >= 15 is 0 Å². The van der Waals surface area contributed by atoms with Gasteiger partial charge in [0.25, 0.3) is 0 Å². The van der Waals surface area contributed by atoms with E-state index in [4.69, 9.17) is 0 Å². The van der Waals surface area contributed by atoms with Crippen molar-refractivity contribution < 1.29 is 0 Å². The lowest BCUT2D eigenvalue weighted by atomic mass is 10.2. The molecular weight excluding hydrogens is 178 g/mol. The monoisotopic (exact) mass is 199 g/mol. The molecule has 1 N–H and O–H groups in total. The SMILES string of the molecule is C1CCC(NCCSCC2CC2)C1. The molecule has 0 aromatic heterocycles. The van der Waals surface area contributed by atoms with E-state index in [-0.39, 0.29) is 0 Å². The van der Waals surface area contributed by atoms with Crippen LogP contribution in [0.15, 0.2) is 0 Å². The smallest absolute Gasteiger partial charge is 0.00673 e. The Morgan fingerprint density at radius 1 is 1.08 bits per heavy atom. The number of hydrogen-bond donors (Lipinski definition) is 1. The topological polar surface area (TPSA) is 12.0 Å². The number of rotatable bonds is 6. The molecule has 2 fully saturated rings. The van der Waals surface area contributed by atoms with E-state index in [1.54, 1.807) is 0 Å². The standard InChI is InChI=1S/C11H21NS/c1-2-4-11(3-1)12-7-8-13-9-10-5-6-10/h10-12H,1-9H2. The molecule has 76 valence electrons. The maximum atomic E-state index is 3.65. The van der Waals surface area contributed by atoms with Crippen LogP contribution < -0.4 is 5.32 Å². The van der Waals surface area contributed by atoms with E-state index < -0.39 is 0 Å². The lowest BCUT2D eigenvalue weighted by Gasteiger charge is -2.10. The number of thioether (sulfide) groups is 1. The van der Waals surface area contributed by atoms with Gasteiger partial charge in [-0.05, 0) is 37.4 Å².